The number of anilines is 1. The zero-order valence-electron chi connectivity index (χ0n) is 24.6. The number of nitrogens with one attached hydrogen (secondary N) is 2. The van der Waals surface area contributed by atoms with Crippen LogP contribution in [0.4, 0.5) is 18.9 Å². The summed E-state index contributed by atoms with van der Waals surface area (Å²) in [4.78, 5) is 12.4. The molecule has 10 heteroatoms. The molecule has 1 aromatic heterocycles. The van der Waals surface area contributed by atoms with Crippen LogP contribution in [0.3, 0.4) is 0 Å². The highest BCUT2D eigenvalue weighted by Gasteiger charge is 2.32. The fourth-order valence-corrected chi connectivity index (χ4v) is 5.51. The van der Waals surface area contributed by atoms with E-state index in [4.69, 9.17) is 9.84 Å². The van der Waals surface area contributed by atoms with Crippen molar-refractivity contribution < 1.29 is 27.4 Å². The number of hydrogen-bond acceptors (Lipinski definition) is 5. The van der Waals surface area contributed by atoms with Gasteiger partial charge in [-0.1, -0.05) is 56.5 Å². The molecule has 2 N–H and O–H groups in total. The summed E-state index contributed by atoms with van der Waals surface area (Å²) in [5, 5.41) is 11.4. The van der Waals surface area contributed by atoms with Crippen LogP contribution >= 0.6 is 0 Å². The Labute approximate surface area is 255 Å². The lowest BCUT2D eigenvalue weighted by Crippen LogP contribution is -2.24. The highest BCUT2D eigenvalue weighted by molar-refractivity contribution is 5.94. The monoisotopic (exact) mass is 606 g/mol. The maximum atomic E-state index is 12.7. The molecule has 0 aliphatic heterocycles. The summed E-state index contributed by atoms with van der Waals surface area (Å²) in [5.74, 6) is 0.341. The Morgan fingerprint density at radius 3 is 2.34 bits per heavy atom. The highest BCUT2D eigenvalue weighted by atomic mass is 19.4. The Hall–Kier alpha value is -4.47. The number of ether oxygens (including phenoxy) is 2. The van der Waals surface area contributed by atoms with Crippen LogP contribution in [0.15, 0.2) is 85.1 Å². The Balaban J connectivity index is 1.47. The predicted molar refractivity (Wildman–Crippen MR) is 163 cm³/mol. The summed E-state index contributed by atoms with van der Waals surface area (Å²) in [6, 6.07) is 22.7. The minimum absolute atomic E-state index is 0.105. The number of amides is 1. The largest absolute Gasteiger partial charge is 0.573 e. The van der Waals surface area contributed by atoms with Gasteiger partial charge in [0.1, 0.15) is 12.4 Å². The number of rotatable bonds is 12. The molecule has 0 bridgehead atoms. The van der Waals surface area contributed by atoms with Gasteiger partial charge in [0.05, 0.1) is 17.3 Å². The van der Waals surface area contributed by atoms with E-state index in [0.29, 0.717) is 36.2 Å². The standard InChI is InChI=1S/C34H37F3N4O3/c1-2-21-38-32(42)26-13-15-27(16-14-26)39-31(25-11-7-4-8-12-25)30-22-41(28-17-19-29(20-18-28)44-34(35,36)37)40-33(30)43-23-24-9-5-3-6-10-24/h3,5-6,9-10,13-20,22,25,31,39H,2,4,7-8,11-12,21,23H2,1H3,(H,38,42). The average Bonchev–Trinajstić information content (AvgIpc) is 3.46. The zero-order valence-corrected chi connectivity index (χ0v) is 24.6. The minimum atomic E-state index is -4.77. The Morgan fingerprint density at radius 1 is 0.977 bits per heavy atom. The van der Waals surface area contributed by atoms with Crippen molar-refractivity contribution in [1.29, 1.82) is 0 Å². The molecule has 1 aliphatic carbocycles. The number of nitrogens with zero attached hydrogens (tertiary/aromatic N) is 2. The first-order chi connectivity index (χ1) is 21.3. The Kier molecular flexibility index (Phi) is 10.1. The van der Waals surface area contributed by atoms with Crippen molar-refractivity contribution in [2.24, 2.45) is 5.92 Å². The second kappa shape index (κ2) is 14.3. The first kappa shape index (κ1) is 31.0. The summed E-state index contributed by atoms with van der Waals surface area (Å²) < 4.78 is 50.1. The van der Waals surface area contributed by atoms with Crippen LogP contribution in [0.1, 0.15) is 73.0 Å². The minimum Gasteiger partial charge on any atom is -0.471 e. The number of aromatic nitrogens is 2. The lowest BCUT2D eigenvalue weighted by atomic mass is 9.81. The van der Waals surface area contributed by atoms with Crippen LogP contribution in [0.5, 0.6) is 11.6 Å². The molecule has 1 saturated carbocycles. The smallest absolute Gasteiger partial charge is 0.471 e. The van der Waals surface area contributed by atoms with E-state index < -0.39 is 6.36 Å². The van der Waals surface area contributed by atoms with E-state index in [9.17, 15) is 18.0 Å². The third-order valence-corrected chi connectivity index (χ3v) is 7.72. The normalized spacial score (nSPS) is 14.5. The highest BCUT2D eigenvalue weighted by Crippen LogP contribution is 2.40. The Bertz CT molecular complexity index is 1480. The van der Waals surface area contributed by atoms with Crippen LogP contribution in [-0.4, -0.2) is 28.6 Å². The van der Waals surface area contributed by atoms with E-state index in [0.717, 1.165) is 48.9 Å². The molecule has 1 amide bonds. The molecule has 1 aliphatic rings. The number of alkyl halides is 3. The molecule has 1 heterocycles. The van der Waals surface area contributed by atoms with Crippen molar-refractivity contribution in [1.82, 2.24) is 15.1 Å². The second-order valence-corrected chi connectivity index (χ2v) is 11.0. The van der Waals surface area contributed by atoms with Gasteiger partial charge in [-0.05, 0) is 79.3 Å². The molecule has 5 rings (SSSR count). The van der Waals surface area contributed by atoms with Gasteiger partial charge in [0.15, 0.2) is 0 Å². The van der Waals surface area contributed by atoms with Gasteiger partial charge in [-0.2, -0.15) is 0 Å². The zero-order chi connectivity index (χ0) is 30.9. The fourth-order valence-electron chi connectivity index (χ4n) is 5.51. The van der Waals surface area contributed by atoms with Gasteiger partial charge in [0.25, 0.3) is 5.91 Å². The summed E-state index contributed by atoms with van der Waals surface area (Å²) in [7, 11) is 0. The lowest BCUT2D eigenvalue weighted by molar-refractivity contribution is -0.274. The quantitative estimate of drug-likeness (QED) is 0.170. The molecule has 0 saturated heterocycles. The van der Waals surface area contributed by atoms with Gasteiger partial charge >= 0.3 is 6.36 Å². The van der Waals surface area contributed by atoms with Crippen LogP contribution < -0.4 is 20.1 Å². The number of carbonyl (C=O) groups is 1. The van der Waals surface area contributed by atoms with Crippen molar-refractivity contribution in [3.8, 4) is 17.3 Å². The van der Waals surface area contributed by atoms with Gasteiger partial charge in [0, 0.05) is 24.0 Å². The van der Waals surface area contributed by atoms with Crippen molar-refractivity contribution in [3.05, 3.63) is 102 Å². The van der Waals surface area contributed by atoms with Crippen molar-refractivity contribution >= 4 is 11.6 Å². The summed E-state index contributed by atoms with van der Waals surface area (Å²) >= 11 is 0. The van der Waals surface area contributed by atoms with Gasteiger partial charge in [-0.25, -0.2) is 4.68 Å². The van der Waals surface area contributed by atoms with Crippen molar-refractivity contribution in [2.45, 2.75) is 64.5 Å². The third kappa shape index (κ3) is 8.33. The van der Waals surface area contributed by atoms with Gasteiger partial charge in [0.2, 0.25) is 5.88 Å². The van der Waals surface area contributed by atoms with Crippen molar-refractivity contribution in [2.75, 3.05) is 11.9 Å². The van der Waals surface area contributed by atoms with E-state index in [1.165, 1.54) is 30.7 Å². The number of hydrogen-bond donors (Lipinski definition) is 2. The van der Waals surface area contributed by atoms with Gasteiger partial charge in [-0.15, -0.1) is 18.3 Å². The lowest BCUT2D eigenvalue weighted by Gasteiger charge is -2.31. The van der Waals surface area contributed by atoms with E-state index >= 15 is 0 Å². The van der Waals surface area contributed by atoms with Crippen LogP contribution in [0, 0.1) is 5.92 Å². The van der Waals surface area contributed by atoms with Crippen LogP contribution in [0.25, 0.3) is 5.69 Å². The molecule has 232 valence electrons. The molecule has 0 radical (unpaired) electrons. The first-order valence-corrected chi connectivity index (χ1v) is 15.1. The second-order valence-electron chi connectivity index (χ2n) is 11.0. The molecule has 0 spiro atoms. The molecule has 3 aromatic carbocycles. The average molecular weight is 607 g/mol. The molecule has 1 unspecified atom stereocenters. The Morgan fingerprint density at radius 2 is 1.68 bits per heavy atom. The van der Waals surface area contributed by atoms with Crippen molar-refractivity contribution in [3.63, 3.8) is 0 Å². The SMILES string of the molecule is CCCNC(=O)c1ccc(NC(c2cn(-c3ccc(OC(F)(F)F)cc3)nc2OCc2ccccc2)C2CCCCC2)cc1. The number of carbonyl (C=O) groups excluding carboxylic acids is 1. The number of benzene rings is 3. The molecular weight excluding hydrogens is 569 g/mol. The van der Waals surface area contributed by atoms with E-state index in [2.05, 4.69) is 15.4 Å². The maximum absolute atomic E-state index is 12.7. The summed E-state index contributed by atoms with van der Waals surface area (Å²) in [6.45, 7) is 2.94. The van der Waals surface area contributed by atoms with E-state index in [-0.39, 0.29) is 17.7 Å². The molecule has 4 aromatic rings. The van der Waals surface area contributed by atoms with Gasteiger partial charge in [-0.3, -0.25) is 4.79 Å². The summed E-state index contributed by atoms with van der Waals surface area (Å²) in [5.41, 5.74) is 3.87. The van der Waals surface area contributed by atoms with Gasteiger partial charge < -0.3 is 20.1 Å². The van der Waals surface area contributed by atoms with E-state index in [1.54, 1.807) is 4.68 Å². The fraction of sp³-hybridized carbons (Fsp3) is 0.353. The third-order valence-electron chi connectivity index (χ3n) is 7.72. The molecule has 7 nitrogen and oxygen atoms in total. The molecule has 1 fully saturated rings. The molecular formula is C34H37F3N4O3. The van der Waals surface area contributed by atoms with Crippen LogP contribution in [-0.2, 0) is 6.61 Å². The molecule has 44 heavy (non-hydrogen) atoms. The first-order valence-electron chi connectivity index (χ1n) is 15.1. The molecule has 1 atom stereocenters. The summed E-state index contributed by atoms with van der Waals surface area (Å²) in [6.07, 6.45) is 3.47. The predicted octanol–water partition coefficient (Wildman–Crippen LogP) is 8.22. The number of halogens is 3. The van der Waals surface area contributed by atoms with Crippen LogP contribution in [0.2, 0.25) is 0 Å². The van der Waals surface area contributed by atoms with E-state index in [1.807, 2.05) is 67.7 Å². The topological polar surface area (TPSA) is 77.4 Å². The maximum Gasteiger partial charge on any atom is 0.573 e.